The van der Waals surface area contributed by atoms with Crippen LogP contribution in [-0.4, -0.2) is 24.5 Å². The first kappa shape index (κ1) is 19.5. The molecule has 3 rings (SSSR count). The van der Waals surface area contributed by atoms with Gasteiger partial charge in [0, 0.05) is 17.3 Å². The van der Waals surface area contributed by atoms with Crippen LogP contribution in [0, 0.1) is 18.6 Å². The number of primary sulfonamides is 1. The van der Waals surface area contributed by atoms with Gasteiger partial charge in [-0.2, -0.15) is 0 Å². The molecule has 0 aliphatic heterocycles. The van der Waals surface area contributed by atoms with Crippen molar-refractivity contribution in [1.29, 1.82) is 0 Å². The van der Waals surface area contributed by atoms with E-state index < -0.39 is 27.6 Å². The Morgan fingerprint density at radius 2 is 1.79 bits per heavy atom. The molecule has 0 spiro atoms. The van der Waals surface area contributed by atoms with Gasteiger partial charge < -0.3 is 14.8 Å². The van der Waals surface area contributed by atoms with Crippen molar-refractivity contribution in [1.82, 2.24) is 4.98 Å². The second-order valence-electron chi connectivity index (χ2n) is 5.91. The summed E-state index contributed by atoms with van der Waals surface area (Å²) in [6.07, 6.45) is 0. The molecular weight excluding hydrogens is 394 g/mol. The minimum Gasteiger partial charge on any atom is -0.478 e. The van der Waals surface area contributed by atoms with E-state index in [0.717, 1.165) is 18.2 Å². The molecule has 10 heteroatoms. The summed E-state index contributed by atoms with van der Waals surface area (Å²) in [6.45, 7) is 1.52. The fraction of sp³-hybridized carbons (Fsp3) is 0.0556. The van der Waals surface area contributed by atoms with E-state index in [-0.39, 0.29) is 33.2 Å². The number of aromatic amines is 1. The third-order valence-electron chi connectivity index (χ3n) is 3.93. The summed E-state index contributed by atoms with van der Waals surface area (Å²) in [5, 5.41) is 14.4. The molecule has 0 saturated heterocycles. The molecular formula is C18H14F2N2O5S. The van der Waals surface area contributed by atoms with E-state index in [2.05, 4.69) is 4.98 Å². The van der Waals surface area contributed by atoms with Crippen molar-refractivity contribution in [2.75, 3.05) is 0 Å². The fourth-order valence-corrected chi connectivity index (χ4v) is 3.13. The van der Waals surface area contributed by atoms with Gasteiger partial charge in [-0.3, -0.25) is 0 Å². The van der Waals surface area contributed by atoms with E-state index in [4.69, 9.17) is 9.88 Å². The number of carboxylic acid groups (broad SMARTS) is 1. The number of hydrogen-bond acceptors (Lipinski definition) is 4. The number of hydrogen-bond donors (Lipinski definition) is 3. The van der Waals surface area contributed by atoms with Gasteiger partial charge in [-0.1, -0.05) is 0 Å². The lowest BCUT2D eigenvalue weighted by atomic mass is 10.1. The molecule has 0 bridgehead atoms. The fourth-order valence-electron chi connectivity index (χ4n) is 2.59. The van der Waals surface area contributed by atoms with Gasteiger partial charge in [-0.15, -0.1) is 0 Å². The third-order valence-corrected chi connectivity index (χ3v) is 4.84. The Bertz CT molecular complexity index is 1190. The highest BCUT2D eigenvalue weighted by Gasteiger charge is 2.19. The monoisotopic (exact) mass is 408 g/mol. The van der Waals surface area contributed by atoms with Crippen LogP contribution in [0.5, 0.6) is 11.5 Å². The van der Waals surface area contributed by atoms with Gasteiger partial charge in [0.05, 0.1) is 16.2 Å². The molecule has 28 heavy (non-hydrogen) atoms. The van der Waals surface area contributed by atoms with Gasteiger partial charge >= 0.3 is 5.97 Å². The Balaban J connectivity index is 2.17. The number of nitrogens with two attached hydrogens (primary N) is 1. The van der Waals surface area contributed by atoms with Gasteiger partial charge in [-0.25, -0.2) is 27.1 Å². The number of nitrogens with one attached hydrogen (secondary N) is 1. The topological polar surface area (TPSA) is 122 Å². The van der Waals surface area contributed by atoms with Crippen molar-refractivity contribution >= 4 is 16.0 Å². The van der Waals surface area contributed by atoms with Crippen LogP contribution in [0.2, 0.25) is 0 Å². The number of aromatic nitrogens is 1. The van der Waals surface area contributed by atoms with Crippen LogP contribution in [0.15, 0.2) is 47.4 Å². The highest BCUT2D eigenvalue weighted by atomic mass is 32.2. The number of H-pyrrole nitrogens is 1. The smallest absolute Gasteiger partial charge is 0.337 e. The van der Waals surface area contributed by atoms with E-state index in [0.29, 0.717) is 11.8 Å². The minimum absolute atomic E-state index is 0.0103. The molecule has 0 unspecified atom stereocenters. The van der Waals surface area contributed by atoms with Crippen molar-refractivity contribution in [3.05, 3.63) is 65.4 Å². The molecule has 0 saturated carbocycles. The summed E-state index contributed by atoms with van der Waals surface area (Å²) in [6, 6.07) is 7.56. The zero-order chi connectivity index (χ0) is 20.6. The number of sulfonamides is 1. The molecule has 2 aromatic carbocycles. The molecule has 1 heterocycles. The lowest BCUT2D eigenvalue weighted by Gasteiger charge is -2.12. The molecule has 0 fully saturated rings. The highest BCUT2D eigenvalue weighted by Crippen LogP contribution is 2.36. The first-order chi connectivity index (χ1) is 13.1. The minimum atomic E-state index is -4.07. The number of aryl methyl sites for hydroxylation is 1. The molecule has 1 aromatic heterocycles. The first-order valence-corrected chi connectivity index (χ1v) is 9.34. The van der Waals surface area contributed by atoms with Crippen molar-refractivity contribution in [2.24, 2.45) is 5.14 Å². The molecule has 3 aromatic rings. The molecule has 4 N–H and O–H groups in total. The predicted octanol–water partition coefficient (Wildman–Crippen LogP) is 3.41. The Morgan fingerprint density at radius 3 is 2.36 bits per heavy atom. The Labute approximate surface area is 158 Å². The van der Waals surface area contributed by atoms with Crippen molar-refractivity contribution < 1.29 is 31.8 Å². The van der Waals surface area contributed by atoms with Gasteiger partial charge in [0.15, 0.2) is 11.6 Å². The molecule has 146 valence electrons. The average Bonchev–Trinajstić information content (AvgIpc) is 2.98. The average molecular weight is 408 g/mol. The third kappa shape index (κ3) is 3.87. The quantitative estimate of drug-likeness (QED) is 0.597. The molecule has 0 aliphatic rings. The summed E-state index contributed by atoms with van der Waals surface area (Å²) >= 11 is 0. The number of ether oxygens (including phenoxy) is 1. The van der Waals surface area contributed by atoms with Crippen molar-refractivity contribution in [3.8, 4) is 22.8 Å². The lowest BCUT2D eigenvalue weighted by Crippen LogP contribution is -2.12. The van der Waals surface area contributed by atoms with E-state index in [1.54, 1.807) is 0 Å². The Hall–Kier alpha value is -3.24. The normalized spacial score (nSPS) is 11.4. The zero-order valence-electron chi connectivity index (χ0n) is 14.4. The number of carboxylic acids is 1. The number of rotatable bonds is 5. The van der Waals surface area contributed by atoms with Crippen LogP contribution in [0.1, 0.15) is 16.1 Å². The predicted molar refractivity (Wildman–Crippen MR) is 95.7 cm³/mol. The Kier molecular flexibility index (Phi) is 4.92. The van der Waals surface area contributed by atoms with E-state index in [1.807, 2.05) is 0 Å². The van der Waals surface area contributed by atoms with Gasteiger partial charge in [0.2, 0.25) is 10.0 Å². The maximum absolute atomic E-state index is 13.9. The van der Waals surface area contributed by atoms with Crippen molar-refractivity contribution in [2.45, 2.75) is 11.8 Å². The number of benzene rings is 2. The van der Waals surface area contributed by atoms with Crippen LogP contribution in [0.25, 0.3) is 11.3 Å². The van der Waals surface area contributed by atoms with Gasteiger partial charge in [0.25, 0.3) is 0 Å². The van der Waals surface area contributed by atoms with E-state index in [1.165, 1.54) is 25.1 Å². The molecule has 7 nitrogen and oxygen atoms in total. The van der Waals surface area contributed by atoms with E-state index in [9.17, 15) is 27.1 Å². The maximum Gasteiger partial charge on any atom is 0.337 e. The summed E-state index contributed by atoms with van der Waals surface area (Å²) in [5.74, 6) is -3.23. The highest BCUT2D eigenvalue weighted by molar-refractivity contribution is 7.89. The van der Waals surface area contributed by atoms with Crippen LogP contribution < -0.4 is 9.88 Å². The summed E-state index contributed by atoms with van der Waals surface area (Å²) < 4.78 is 55.9. The SMILES string of the molecule is Cc1[nH]c(-c2cc(S(N)(=O)=O)ccc2Oc2ccc(F)cc2F)cc1C(=O)O. The lowest BCUT2D eigenvalue weighted by molar-refractivity contribution is 0.0696. The number of aromatic carboxylic acids is 1. The van der Waals surface area contributed by atoms with Crippen LogP contribution in [0.3, 0.4) is 0 Å². The standard InChI is InChI=1S/C18H14F2N2O5S/c1-9-12(18(23)24)8-15(22-9)13-7-11(28(21,25)26)3-5-16(13)27-17-4-2-10(19)6-14(17)20/h2-8,22H,1H3,(H,23,24)(H2,21,25,26). The van der Waals surface area contributed by atoms with Crippen molar-refractivity contribution in [3.63, 3.8) is 0 Å². The molecule has 0 radical (unpaired) electrons. The van der Waals surface area contributed by atoms with E-state index >= 15 is 0 Å². The van der Waals surface area contributed by atoms with Crippen LogP contribution in [-0.2, 0) is 10.0 Å². The summed E-state index contributed by atoms with van der Waals surface area (Å²) in [5.41, 5.74) is 0.640. The summed E-state index contributed by atoms with van der Waals surface area (Å²) in [7, 11) is -4.07. The number of halogens is 2. The van der Waals surface area contributed by atoms with Gasteiger partial charge in [-0.05, 0) is 43.3 Å². The maximum atomic E-state index is 13.9. The molecule has 0 atom stereocenters. The van der Waals surface area contributed by atoms with Crippen LogP contribution in [0.4, 0.5) is 8.78 Å². The zero-order valence-corrected chi connectivity index (χ0v) is 15.2. The molecule has 0 aliphatic carbocycles. The second-order valence-corrected chi connectivity index (χ2v) is 7.47. The van der Waals surface area contributed by atoms with Crippen LogP contribution >= 0.6 is 0 Å². The largest absolute Gasteiger partial charge is 0.478 e. The number of carbonyl (C=O) groups is 1. The first-order valence-electron chi connectivity index (χ1n) is 7.79. The second kappa shape index (κ2) is 7.06. The molecule has 0 amide bonds. The Morgan fingerprint density at radius 1 is 1.11 bits per heavy atom. The summed E-state index contributed by atoms with van der Waals surface area (Å²) in [4.78, 5) is 13.9. The van der Waals surface area contributed by atoms with Gasteiger partial charge in [0.1, 0.15) is 11.6 Å².